The summed E-state index contributed by atoms with van der Waals surface area (Å²) in [6, 6.07) is 5.87. The SMILES string of the molecule is CCNCc1cncc(-c2cnc3[nH]nc(-c4nc5cccnc5[nH]4)c3c2)c1C. The maximum absolute atomic E-state index is 4.62. The van der Waals surface area contributed by atoms with Gasteiger partial charge in [-0.1, -0.05) is 6.92 Å². The number of imidazole rings is 1. The van der Waals surface area contributed by atoms with E-state index in [-0.39, 0.29) is 0 Å². The Labute approximate surface area is 166 Å². The Morgan fingerprint density at radius 2 is 2.03 bits per heavy atom. The molecule has 0 fully saturated rings. The Balaban J connectivity index is 1.62. The zero-order chi connectivity index (χ0) is 19.8. The van der Waals surface area contributed by atoms with Gasteiger partial charge in [-0.15, -0.1) is 0 Å². The lowest BCUT2D eigenvalue weighted by Gasteiger charge is -2.11. The summed E-state index contributed by atoms with van der Waals surface area (Å²) in [6.45, 7) is 5.93. The van der Waals surface area contributed by atoms with E-state index in [9.17, 15) is 0 Å². The number of fused-ring (bicyclic) bond motifs is 2. The first-order chi connectivity index (χ1) is 14.2. The standard InChI is InChI=1S/C21H20N8/c1-3-22-8-14-9-23-11-16(12(14)2)13-7-15-18(28-29-19(15)25-10-13)21-26-17-5-4-6-24-20(17)27-21/h4-7,9-11,22H,3,8H2,1-2H3,(H,24,26,27)(H,25,28,29). The van der Waals surface area contributed by atoms with E-state index in [1.165, 1.54) is 11.1 Å². The number of hydrogen-bond acceptors (Lipinski definition) is 6. The first-order valence-electron chi connectivity index (χ1n) is 9.54. The van der Waals surface area contributed by atoms with Gasteiger partial charge in [0.05, 0.1) is 5.39 Å². The number of H-pyrrole nitrogens is 2. The quantitative estimate of drug-likeness (QED) is 0.429. The fourth-order valence-corrected chi connectivity index (χ4v) is 3.48. The molecule has 5 aromatic heterocycles. The fourth-order valence-electron chi connectivity index (χ4n) is 3.48. The van der Waals surface area contributed by atoms with Crippen molar-refractivity contribution in [2.45, 2.75) is 20.4 Å². The average molecular weight is 384 g/mol. The molecule has 0 unspecified atom stereocenters. The molecule has 0 atom stereocenters. The van der Waals surface area contributed by atoms with Gasteiger partial charge in [-0.2, -0.15) is 5.10 Å². The van der Waals surface area contributed by atoms with Crippen molar-refractivity contribution in [1.82, 2.24) is 40.4 Å². The Morgan fingerprint density at radius 1 is 1.10 bits per heavy atom. The van der Waals surface area contributed by atoms with Gasteiger partial charge in [0.25, 0.3) is 0 Å². The van der Waals surface area contributed by atoms with Crippen molar-refractivity contribution < 1.29 is 0 Å². The minimum Gasteiger partial charge on any atom is -0.321 e. The Hall–Kier alpha value is -3.65. The van der Waals surface area contributed by atoms with Gasteiger partial charge >= 0.3 is 0 Å². The number of hydrogen-bond donors (Lipinski definition) is 3. The molecule has 0 bridgehead atoms. The summed E-state index contributed by atoms with van der Waals surface area (Å²) in [6.07, 6.45) is 7.39. The normalized spacial score (nSPS) is 11.5. The number of aromatic amines is 2. The minimum atomic E-state index is 0.666. The molecule has 0 aliphatic heterocycles. The number of rotatable bonds is 5. The molecule has 5 aromatic rings. The fraction of sp³-hybridized carbons (Fsp3) is 0.190. The maximum atomic E-state index is 4.62. The van der Waals surface area contributed by atoms with Gasteiger partial charge in [-0.25, -0.2) is 15.0 Å². The van der Waals surface area contributed by atoms with E-state index in [0.29, 0.717) is 11.5 Å². The van der Waals surface area contributed by atoms with Crippen LogP contribution in [0.1, 0.15) is 18.1 Å². The summed E-state index contributed by atoms with van der Waals surface area (Å²) in [5.41, 5.74) is 7.41. The molecule has 0 saturated carbocycles. The lowest BCUT2D eigenvalue weighted by Crippen LogP contribution is -2.13. The molecule has 8 heteroatoms. The monoisotopic (exact) mass is 384 g/mol. The van der Waals surface area contributed by atoms with Gasteiger partial charge in [0.2, 0.25) is 0 Å². The molecule has 29 heavy (non-hydrogen) atoms. The van der Waals surface area contributed by atoms with Crippen LogP contribution in [0.5, 0.6) is 0 Å². The third kappa shape index (κ3) is 3.03. The molecule has 0 amide bonds. The summed E-state index contributed by atoms with van der Waals surface area (Å²) in [4.78, 5) is 21.2. The second-order valence-electron chi connectivity index (χ2n) is 6.90. The van der Waals surface area contributed by atoms with Crippen LogP contribution < -0.4 is 5.32 Å². The van der Waals surface area contributed by atoms with Crippen molar-refractivity contribution in [3.8, 4) is 22.6 Å². The van der Waals surface area contributed by atoms with E-state index in [1.54, 1.807) is 6.20 Å². The van der Waals surface area contributed by atoms with Gasteiger partial charge in [-0.3, -0.25) is 10.1 Å². The van der Waals surface area contributed by atoms with E-state index in [1.807, 2.05) is 30.7 Å². The van der Waals surface area contributed by atoms with Crippen molar-refractivity contribution in [2.24, 2.45) is 0 Å². The van der Waals surface area contributed by atoms with Gasteiger partial charge in [0.15, 0.2) is 17.1 Å². The molecule has 144 valence electrons. The van der Waals surface area contributed by atoms with Crippen LogP contribution in [0.25, 0.3) is 44.8 Å². The van der Waals surface area contributed by atoms with Crippen molar-refractivity contribution >= 4 is 22.2 Å². The van der Waals surface area contributed by atoms with Crippen LogP contribution in [0.2, 0.25) is 0 Å². The van der Waals surface area contributed by atoms with Crippen LogP contribution in [-0.2, 0) is 6.54 Å². The van der Waals surface area contributed by atoms with Crippen LogP contribution in [-0.4, -0.2) is 41.7 Å². The largest absolute Gasteiger partial charge is 0.321 e. The van der Waals surface area contributed by atoms with E-state index in [4.69, 9.17) is 0 Å². The topological polar surface area (TPSA) is 108 Å². The molecule has 0 saturated heterocycles. The molecule has 8 nitrogen and oxygen atoms in total. The van der Waals surface area contributed by atoms with Gasteiger partial charge in [0, 0.05) is 42.5 Å². The highest BCUT2D eigenvalue weighted by atomic mass is 15.2. The summed E-state index contributed by atoms with van der Waals surface area (Å²) >= 11 is 0. The molecule has 0 aliphatic carbocycles. The van der Waals surface area contributed by atoms with E-state index >= 15 is 0 Å². The number of pyridine rings is 3. The van der Waals surface area contributed by atoms with Crippen LogP contribution in [0.3, 0.4) is 0 Å². The van der Waals surface area contributed by atoms with Gasteiger partial charge < -0.3 is 10.3 Å². The van der Waals surface area contributed by atoms with Crippen molar-refractivity contribution in [2.75, 3.05) is 6.54 Å². The minimum absolute atomic E-state index is 0.666. The second kappa shape index (κ2) is 7.06. The highest BCUT2D eigenvalue weighted by molar-refractivity contribution is 5.93. The number of aromatic nitrogens is 7. The average Bonchev–Trinajstić information content (AvgIpc) is 3.36. The van der Waals surface area contributed by atoms with Gasteiger partial charge in [0.1, 0.15) is 11.2 Å². The van der Waals surface area contributed by atoms with Crippen LogP contribution in [0, 0.1) is 6.92 Å². The molecule has 3 N–H and O–H groups in total. The molecule has 0 aromatic carbocycles. The second-order valence-corrected chi connectivity index (χ2v) is 6.90. The highest BCUT2D eigenvalue weighted by Crippen LogP contribution is 2.30. The molecule has 5 heterocycles. The third-order valence-electron chi connectivity index (χ3n) is 5.09. The summed E-state index contributed by atoms with van der Waals surface area (Å²) in [7, 11) is 0. The first kappa shape index (κ1) is 17.4. The van der Waals surface area contributed by atoms with Gasteiger partial charge in [-0.05, 0) is 42.8 Å². The van der Waals surface area contributed by atoms with E-state index in [2.05, 4.69) is 60.3 Å². The van der Waals surface area contributed by atoms with Crippen molar-refractivity contribution in [3.63, 3.8) is 0 Å². The Bertz CT molecular complexity index is 1280. The zero-order valence-corrected chi connectivity index (χ0v) is 16.2. The maximum Gasteiger partial charge on any atom is 0.161 e. The molecular formula is C21H20N8. The van der Waals surface area contributed by atoms with Crippen LogP contribution in [0.4, 0.5) is 0 Å². The predicted octanol–water partition coefficient (Wildman–Crippen LogP) is 3.38. The Kier molecular flexibility index (Phi) is 4.25. The lowest BCUT2D eigenvalue weighted by atomic mass is 9.99. The molecule has 0 aliphatic rings. The lowest BCUT2D eigenvalue weighted by molar-refractivity contribution is 0.721. The number of nitrogens with one attached hydrogen (secondary N) is 3. The first-order valence-corrected chi connectivity index (χ1v) is 9.54. The third-order valence-corrected chi connectivity index (χ3v) is 5.09. The zero-order valence-electron chi connectivity index (χ0n) is 16.2. The number of nitrogens with zero attached hydrogens (tertiary/aromatic N) is 5. The Morgan fingerprint density at radius 3 is 2.90 bits per heavy atom. The van der Waals surface area contributed by atoms with E-state index < -0.39 is 0 Å². The summed E-state index contributed by atoms with van der Waals surface area (Å²) < 4.78 is 0. The molecular weight excluding hydrogens is 364 g/mol. The highest BCUT2D eigenvalue weighted by Gasteiger charge is 2.16. The van der Waals surface area contributed by atoms with E-state index in [0.717, 1.165) is 46.5 Å². The smallest absolute Gasteiger partial charge is 0.161 e. The summed E-state index contributed by atoms with van der Waals surface area (Å²) in [5, 5.41) is 11.7. The van der Waals surface area contributed by atoms with Crippen LogP contribution in [0.15, 0.2) is 43.0 Å². The summed E-state index contributed by atoms with van der Waals surface area (Å²) in [5.74, 6) is 0.666. The molecule has 0 radical (unpaired) electrons. The van der Waals surface area contributed by atoms with Crippen LogP contribution >= 0.6 is 0 Å². The van der Waals surface area contributed by atoms with Crippen molar-refractivity contribution in [3.05, 3.63) is 54.1 Å². The van der Waals surface area contributed by atoms with Crippen molar-refractivity contribution in [1.29, 1.82) is 0 Å². The molecule has 0 spiro atoms. The predicted molar refractivity (Wildman–Crippen MR) is 112 cm³/mol. The molecule has 5 rings (SSSR count).